The van der Waals surface area contributed by atoms with Crippen LogP contribution in [0.3, 0.4) is 0 Å². The molecular formula is C18H24N2O. The third kappa shape index (κ3) is 2.03. The van der Waals surface area contributed by atoms with Crippen molar-refractivity contribution in [2.75, 3.05) is 6.54 Å². The molecule has 1 atom stereocenters. The van der Waals surface area contributed by atoms with Crippen molar-refractivity contribution in [2.24, 2.45) is 0 Å². The number of fused-ring (bicyclic) bond motifs is 1. The minimum atomic E-state index is -0.0102. The fourth-order valence-electron chi connectivity index (χ4n) is 3.61. The van der Waals surface area contributed by atoms with Gasteiger partial charge in [0.2, 0.25) is 0 Å². The second-order valence-electron chi connectivity index (χ2n) is 6.39. The minimum absolute atomic E-state index is 0.0102. The van der Waals surface area contributed by atoms with Crippen molar-refractivity contribution in [2.45, 2.75) is 53.5 Å². The first kappa shape index (κ1) is 14.3. The van der Waals surface area contributed by atoms with Crippen LogP contribution in [0.1, 0.15) is 51.1 Å². The summed E-state index contributed by atoms with van der Waals surface area (Å²) in [4.78, 5) is 16.4. The number of nitrogens with one attached hydrogen (secondary N) is 2. The van der Waals surface area contributed by atoms with Gasteiger partial charge in [-0.2, -0.15) is 0 Å². The summed E-state index contributed by atoms with van der Waals surface area (Å²) in [5, 5.41) is 4.46. The molecule has 1 aliphatic rings. The van der Waals surface area contributed by atoms with E-state index >= 15 is 0 Å². The fourth-order valence-corrected chi connectivity index (χ4v) is 3.61. The van der Waals surface area contributed by atoms with Crippen LogP contribution in [0.5, 0.6) is 0 Å². The van der Waals surface area contributed by atoms with E-state index in [0.29, 0.717) is 0 Å². The van der Waals surface area contributed by atoms with Gasteiger partial charge in [-0.3, -0.25) is 4.79 Å². The number of aryl methyl sites for hydroxylation is 3. The molecule has 3 nitrogen and oxygen atoms in total. The number of hydrogen-bond acceptors (Lipinski definition) is 2. The van der Waals surface area contributed by atoms with E-state index in [2.05, 4.69) is 38.0 Å². The van der Waals surface area contributed by atoms with Crippen LogP contribution in [-0.2, 0) is 0 Å². The van der Waals surface area contributed by atoms with E-state index < -0.39 is 0 Å². The highest BCUT2D eigenvalue weighted by atomic mass is 16.1. The van der Waals surface area contributed by atoms with Gasteiger partial charge in [0.05, 0.1) is 6.04 Å². The predicted molar refractivity (Wildman–Crippen MR) is 87.3 cm³/mol. The number of Topliss-reactive ketones (excluding diaryl/α,β-unsaturated/α-hetero) is 1. The summed E-state index contributed by atoms with van der Waals surface area (Å²) in [6.45, 7) is 11.6. The number of aromatic nitrogens is 1. The zero-order chi connectivity index (χ0) is 15.3. The van der Waals surface area contributed by atoms with Crippen LogP contribution in [0.25, 0.3) is 10.9 Å². The van der Waals surface area contributed by atoms with E-state index in [1.807, 2.05) is 6.92 Å². The Bertz CT molecular complexity index is 734. The van der Waals surface area contributed by atoms with Gasteiger partial charge < -0.3 is 10.3 Å². The number of carbonyl (C=O) groups is 1. The van der Waals surface area contributed by atoms with Gasteiger partial charge in [-0.1, -0.05) is 0 Å². The van der Waals surface area contributed by atoms with Crippen molar-refractivity contribution in [3.05, 3.63) is 33.5 Å². The quantitative estimate of drug-likeness (QED) is 0.827. The van der Waals surface area contributed by atoms with E-state index in [1.165, 1.54) is 22.3 Å². The van der Waals surface area contributed by atoms with Gasteiger partial charge in [-0.05, 0) is 76.3 Å². The Hall–Kier alpha value is -1.61. The van der Waals surface area contributed by atoms with Crippen molar-refractivity contribution in [3.63, 3.8) is 0 Å². The highest BCUT2D eigenvalue weighted by Gasteiger charge is 2.28. The zero-order valence-corrected chi connectivity index (χ0v) is 13.6. The molecule has 1 aromatic carbocycles. The molecule has 0 spiro atoms. The molecule has 112 valence electrons. The Morgan fingerprint density at radius 3 is 2.29 bits per heavy atom. The third-order valence-electron chi connectivity index (χ3n) is 5.25. The lowest BCUT2D eigenvalue weighted by Crippen LogP contribution is -2.31. The first-order chi connectivity index (χ1) is 9.93. The Balaban J connectivity index is 2.28. The molecule has 0 bridgehead atoms. The summed E-state index contributed by atoms with van der Waals surface area (Å²) in [5.41, 5.74) is 8.14. The van der Waals surface area contributed by atoms with E-state index in [9.17, 15) is 4.79 Å². The van der Waals surface area contributed by atoms with Gasteiger partial charge in [-0.15, -0.1) is 0 Å². The van der Waals surface area contributed by atoms with Crippen LogP contribution >= 0.6 is 0 Å². The van der Waals surface area contributed by atoms with E-state index in [4.69, 9.17) is 0 Å². The number of H-pyrrole nitrogens is 1. The van der Waals surface area contributed by atoms with Gasteiger partial charge in [0.15, 0.2) is 5.78 Å². The molecule has 1 unspecified atom stereocenters. The van der Waals surface area contributed by atoms with Crippen LogP contribution < -0.4 is 5.32 Å². The summed E-state index contributed by atoms with van der Waals surface area (Å²) in [6.07, 6.45) is 2.04. The molecule has 1 saturated heterocycles. The largest absolute Gasteiger partial charge is 0.358 e. The number of ketones is 1. The Morgan fingerprint density at radius 1 is 1.00 bits per heavy atom. The highest BCUT2D eigenvalue weighted by Crippen LogP contribution is 2.34. The normalized spacial score (nSPS) is 18.6. The number of aromatic amines is 1. The van der Waals surface area contributed by atoms with Crippen molar-refractivity contribution in [1.82, 2.24) is 10.3 Å². The summed E-state index contributed by atoms with van der Waals surface area (Å²) in [5.74, 6) is 0.252. The van der Waals surface area contributed by atoms with Crippen molar-refractivity contribution < 1.29 is 4.79 Å². The van der Waals surface area contributed by atoms with Crippen molar-refractivity contribution in [3.8, 4) is 0 Å². The average Bonchev–Trinajstić information content (AvgIpc) is 3.09. The Morgan fingerprint density at radius 2 is 1.67 bits per heavy atom. The summed E-state index contributed by atoms with van der Waals surface area (Å²) in [7, 11) is 0. The molecule has 1 aromatic heterocycles. The van der Waals surface area contributed by atoms with E-state index in [1.54, 1.807) is 0 Å². The second-order valence-corrected chi connectivity index (χ2v) is 6.39. The van der Waals surface area contributed by atoms with Gasteiger partial charge in [0.25, 0.3) is 0 Å². The lowest BCUT2D eigenvalue weighted by molar-refractivity contribution is 0.0953. The van der Waals surface area contributed by atoms with Crippen LogP contribution in [0, 0.1) is 34.6 Å². The highest BCUT2D eigenvalue weighted by molar-refractivity contribution is 6.13. The molecule has 0 saturated carbocycles. The number of benzene rings is 1. The first-order valence-electron chi connectivity index (χ1n) is 7.79. The zero-order valence-electron chi connectivity index (χ0n) is 13.6. The predicted octanol–water partition coefficient (Wildman–Crippen LogP) is 3.64. The lowest BCUT2D eigenvalue weighted by Gasteiger charge is -2.14. The van der Waals surface area contributed by atoms with E-state index in [-0.39, 0.29) is 11.8 Å². The Kier molecular flexibility index (Phi) is 3.40. The van der Waals surface area contributed by atoms with Gasteiger partial charge in [0.1, 0.15) is 0 Å². The average molecular weight is 284 g/mol. The molecule has 3 rings (SSSR count). The van der Waals surface area contributed by atoms with Crippen LogP contribution in [0.15, 0.2) is 0 Å². The smallest absolute Gasteiger partial charge is 0.182 e. The Labute approximate surface area is 126 Å². The van der Waals surface area contributed by atoms with Crippen LogP contribution in [0.4, 0.5) is 0 Å². The standard InChI is InChI=1S/C18H24N2O/c1-9-10(2)12(4)17-15(11(9)3)16(13(5)20-17)18(21)14-7-6-8-19-14/h14,19-20H,6-8H2,1-5H3. The van der Waals surface area contributed by atoms with Crippen molar-refractivity contribution in [1.29, 1.82) is 0 Å². The number of hydrogen-bond donors (Lipinski definition) is 2. The molecule has 21 heavy (non-hydrogen) atoms. The molecule has 0 amide bonds. The summed E-state index contributed by atoms with van der Waals surface area (Å²) < 4.78 is 0. The molecule has 2 N–H and O–H groups in total. The molecule has 0 aliphatic carbocycles. The molecule has 2 heterocycles. The molecule has 1 aliphatic heterocycles. The first-order valence-corrected chi connectivity index (χ1v) is 7.79. The molecule has 0 radical (unpaired) electrons. The number of carbonyl (C=O) groups excluding carboxylic acids is 1. The van der Waals surface area contributed by atoms with Crippen molar-refractivity contribution >= 4 is 16.7 Å². The number of rotatable bonds is 2. The minimum Gasteiger partial charge on any atom is -0.358 e. The maximum Gasteiger partial charge on any atom is 0.182 e. The van der Waals surface area contributed by atoms with E-state index in [0.717, 1.165) is 41.5 Å². The molecule has 2 aromatic rings. The fraction of sp³-hybridized carbons (Fsp3) is 0.500. The van der Waals surface area contributed by atoms with Gasteiger partial charge in [-0.25, -0.2) is 0 Å². The third-order valence-corrected chi connectivity index (χ3v) is 5.25. The van der Waals surface area contributed by atoms with Gasteiger partial charge >= 0.3 is 0 Å². The maximum absolute atomic E-state index is 12.9. The monoisotopic (exact) mass is 284 g/mol. The van der Waals surface area contributed by atoms with Crippen LogP contribution in [-0.4, -0.2) is 23.4 Å². The molecule has 3 heteroatoms. The van der Waals surface area contributed by atoms with Crippen LogP contribution in [0.2, 0.25) is 0 Å². The molecule has 1 fully saturated rings. The summed E-state index contributed by atoms with van der Waals surface area (Å²) >= 11 is 0. The second kappa shape index (κ2) is 4.99. The SMILES string of the molecule is Cc1[nH]c2c(C)c(C)c(C)c(C)c2c1C(=O)C1CCCN1. The maximum atomic E-state index is 12.9. The summed E-state index contributed by atoms with van der Waals surface area (Å²) in [6, 6.07) is -0.0102. The molecular weight excluding hydrogens is 260 g/mol. The van der Waals surface area contributed by atoms with Gasteiger partial charge in [0, 0.05) is 22.2 Å². The lowest BCUT2D eigenvalue weighted by atomic mass is 9.91. The topological polar surface area (TPSA) is 44.9 Å².